The number of nitrogens with zero attached hydrogens (tertiary/aromatic N) is 2. The molecule has 0 radical (unpaired) electrons. The number of methoxy groups -OCH3 is 1. The number of hydrogen-bond acceptors (Lipinski definition) is 4. The molecule has 0 fully saturated rings. The highest BCUT2D eigenvalue weighted by Crippen LogP contribution is 2.08. The van der Waals surface area contributed by atoms with Crippen molar-refractivity contribution in [2.45, 2.75) is 6.54 Å². The average Bonchev–Trinajstić information content (AvgIpc) is 2.40. The second-order valence-electron chi connectivity index (χ2n) is 4.43. The minimum Gasteiger partial charge on any atom is -0.383 e. The minimum atomic E-state index is -0.368. The van der Waals surface area contributed by atoms with Gasteiger partial charge in [-0.15, -0.1) is 0 Å². The Labute approximate surface area is 113 Å². The number of benzene rings is 1. The molecule has 1 aromatic rings. The highest BCUT2D eigenvalue weighted by Gasteiger charge is 2.01. The van der Waals surface area contributed by atoms with Crippen LogP contribution in [-0.4, -0.2) is 45.3 Å². The van der Waals surface area contributed by atoms with Crippen molar-refractivity contribution in [2.24, 2.45) is 0 Å². The molecule has 0 heterocycles. The molecule has 1 aromatic carbocycles. The first-order chi connectivity index (χ1) is 9.15. The molecule has 1 rings (SSSR count). The maximum Gasteiger partial charge on any atom is 0.124 e. The quantitative estimate of drug-likeness (QED) is 0.721. The lowest BCUT2D eigenvalue weighted by molar-refractivity contribution is 0.161. The van der Waals surface area contributed by atoms with Crippen molar-refractivity contribution < 1.29 is 9.13 Å². The van der Waals surface area contributed by atoms with Gasteiger partial charge in [0.05, 0.1) is 18.2 Å². The van der Waals surface area contributed by atoms with E-state index >= 15 is 0 Å². The largest absolute Gasteiger partial charge is 0.383 e. The van der Waals surface area contributed by atoms with E-state index in [1.807, 2.05) is 13.1 Å². The standard InChI is InChI=1S/C14H20FN3O/c1-18(5-6-19-2)4-3-17-11-13-7-12(10-16)8-14(15)9-13/h7-9,17H,3-6,11H2,1-2H3. The summed E-state index contributed by atoms with van der Waals surface area (Å²) in [4.78, 5) is 2.16. The van der Waals surface area contributed by atoms with E-state index in [1.165, 1.54) is 12.1 Å². The van der Waals surface area contributed by atoms with Gasteiger partial charge in [-0.3, -0.25) is 0 Å². The predicted molar refractivity (Wildman–Crippen MR) is 72.2 cm³/mol. The van der Waals surface area contributed by atoms with Gasteiger partial charge in [0.25, 0.3) is 0 Å². The zero-order chi connectivity index (χ0) is 14.1. The van der Waals surface area contributed by atoms with Crippen molar-refractivity contribution in [1.29, 1.82) is 5.26 Å². The number of hydrogen-bond donors (Lipinski definition) is 1. The van der Waals surface area contributed by atoms with E-state index in [-0.39, 0.29) is 5.82 Å². The van der Waals surface area contributed by atoms with Crippen molar-refractivity contribution >= 4 is 0 Å². The summed E-state index contributed by atoms with van der Waals surface area (Å²) in [6.07, 6.45) is 0. The third-order valence-corrected chi connectivity index (χ3v) is 2.76. The summed E-state index contributed by atoms with van der Waals surface area (Å²) in [5, 5.41) is 12.0. The van der Waals surface area contributed by atoms with Gasteiger partial charge in [0.2, 0.25) is 0 Å². The molecule has 0 aliphatic carbocycles. The van der Waals surface area contributed by atoms with Crippen LogP contribution < -0.4 is 5.32 Å². The molecule has 5 heteroatoms. The second kappa shape index (κ2) is 8.59. The SMILES string of the molecule is COCCN(C)CCNCc1cc(F)cc(C#N)c1. The molecule has 19 heavy (non-hydrogen) atoms. The number of nitrogens with one attached hydrogen (secondary N) is 1. The fourth-order valence-electron chi connectivity index (χ4n) is 1.68. The van der Waals surface area contributed by atoms with Crippen molar-refractivity contribution in [3.8, 4) is 6.07 Å². The molecular weight excluding hydrogens is 245 g/mol. The first-order valence-corrected chi connectivity index (χ1v) is 6.23. The fraction of sp³-hybridized carbons (Fsp3) is 0.500. The van der Waals surface area contributed by atoms with Crippen LogP contribution in [0.2, 0.25) is 0 Å². The molecule has 0 saturated heterocycles. The molecule has 0 saturated carbocycles. The van der Waals surface area contributed by atoms with Crippen LogP contribution in [0.1, 0.15) is 11.1 Å². The fourth-order valence-corrected chi connectivity index (χ4v) is 1.68. The normalized spacial score (nSPS) is 10.7. The minimum absolute atomic E-state index is 0.356. The molecular formula is C14H20FN3O. The second-order valence-corrected chi connectivity index (χ2v) is 4.43. The van der Waals surface area contributed by atoms with Gasteiger partial charge in [0, 0.05) is 33.3 Å². The summed E-state index contributed by atoms with van der Waals surface area (Å²) in [7, 11) is 3.71. The Bertz CT molecular complexity index is 431. The highest BCUT2D eigenvalue weighted by molar-refractivity contribution is 5.33. The average molecular weight is 265 g/mol. The van der Waals surface area contributed by atoms with E-state index in [1.54, 1.807) is 13.2 Å². The van der Waals surface area contributed by atoms with Crippen LogP contribution in [-0.2, 0) is 11.3 Å². The number of halogens is 1. The van der Waals surface area contributed by atoms with E-state index in [0.717, 1.165) is 25.2 Å². The third-order valence-electron chi connectivity index (χ3n) is 2.76. The summed E-state index contributed by atoms with van der Waals surface area (Å²) >= 11 is 0. The Kier molecular flexibility index (Phi) is 7.04. The van der Waals surface area contributed by atoms with Gasteiger partial charge in [-0.1, -0.05) is 0 Å². The highest BCUT2D eigenvalue weighted by atomic mass is 19.1. The van der Waals surface area contributed by atoms with Gasteiger partial charge in [-0.2, -0.15) is 5.26 Å². The van der Waals surface area contributed by atoms with Crippen molar-refractivity contribution in [1.82, 2.24) is 10.2 Å². The number of rotatable bonds is 8. The monoisotopic (exact) mass is 265 g/mol. The van der Waals surface area contributed by atoms with Gasteiger partial charge in [0.1, 0.15) is 5.82 Å². The van der Waals surface area contributed by atoms with E-state index in [0.29, 0.717) is 18.7 Å². The zero-order valence-electron chi connectivity index (χ0n) is 11.4. The lowest BCUT2D eigenvalue weighted by Crippen LogP contribution is -2.31. The maximum atomic E-state index is 13.2. The van der Waals surface area contributed by atoms with Crippen LogP contribution in [0.3, 0.4) is 0 Å². The molecule has 0 amide bonds. The molecule has 0 unspecified atom stereocenters. The van der Waals surface area contributed by atoms with E-state index in [4.69, 9.17) is 10.00 Å². The van der Waals surface area contributed by atoms with Gasteiger partial charge in [-0.25, -0.2) is 4.39 Å². The van der Waals surface area contributed by atoms with E-state index < -0.39 is 0 Å². The Morgan fingerprint density at radius 1 is 1.37 bits per heavy atom. The van der Waals surface area contributed by atoms with Gasteiger partial charge in [-0.05, 0) is 30.8 Å². The van der Waals surface area contributed by atoms with E-state index in [2.05, 4.69) is 10.2 Å². The van der Waals surface area contributed by atoms with Gasteiger partial charge >= 0.3 is 0 Å². The van der Waals surface area contributed by atoms with Crippen LogP contribution in [0.4, 0.5) is 4.39 Å². The smallest absolute Gasteiger partial charge is 0.124 e. The van der Waals surface area contributed by atoms with Crippen molar-refractivity contribution in [3.05, 3.63) is 35.1 Å². The lowest BCUT2D eigenvalue weighted by Gasteiger charge is -2.16. The number of ether oxygens (including phenoxy) is 1. The van der Waals surface area contributed by atoms with Crippen LogP contribution >= 0.6 is 0 Å². The molecule has 104 valence electrons. The van der Waals surface area contributed by atoms with E-state index in [9.17, 15) is 4.39 Å². The molecule has 0 spiro atoms. The molecule has 4 nitrogen and oxygen atoms in total. The Balaban J connectivity index is 2.30. The van der Waals surface area contributed by atoms with Crippen LogP contribution in [0.15, 0.2) is 18.2 Å². The summed E-state index contributed by atoms with van der Waals surface area (Å²) in [6.45, 7) is 3.86. The maximum absolute atomic E-state index is 13.2. The topological polar surface area (TPSA) is 48.3 Å². The number of nitriles is 1. The van der Waals surface area contributed by atoms with Gasteiger partial charge in [0.15, 0.2) is 0 Å². The molecule has 1 N–H and O–H groups in total. The van der Waals surface area contributed by atoms with Crippen LogP contribution in [0, 0.1) is 17.1 Å². The summed E-state index contributed by atoms with van der Waals surface area (Å²) in [5.41, 5.74) is 1.14. The predicted octanol–water partition coefficient (Wildman–Crippen LogP) is 1.37. The Morgan fingerprint density at radius 3 is 2.84 bits per heavy atom. The van der Waals surface area contributed by atoms with Crippen molar-refractivity contribution in [3.63, 3.8) is 0 Å². The first kappa shape index (κ1) is 15.6. The molecule has 0 aliphatic rings. The third kappa shape index (κ3) is 6.30. The van der Waals surface area contributed by atoms with Crippen LogP contribution in [0.5, 0.6) is 0 Å². The summed E-state index contributed by atoms with van der Waals surface area (Å²) in [5.74, 6) is -0.368. The van der Waals surface area contributed by atoms with Gasteiger partial charge < -0.3 is 15.0 Å². The van der Waals surface area contributed by atoms with Crippen molar-refractivity contribution in [2.75, 3.05) is 40.4 Å². The molecule has 0 aromatic heterocycles. The summed E-state index contributed by atoms with van der Waals surface area (Å²) < 4.78 is 18.2. The molecule has 0 aliphatic heterocycles. The zero-order valence-corrected chi connectivity index (χ0v) is 11.4. The molecule has 0 bridgehead atoms. The lowest BCUT2D eigenvalue weighted by atomic mass is 10.1. The van der Waals surface area contributed by atoms with Crippen LogP contribution in [0.25, 0.3) is 0 Å². The molecule has 0 atom stereocenters. The summed E-state index contributed by atoms with van der Waals surface area (Å²) in [6, 6.07) is 6.33. The Morgan fingerprint density at radius 2 is 2.16 bits per heavy atom. The Hall–Kier alpha value is -1.48. The first-order valence-electron chi connectivity index (χ1n) is 6.23. The number of likely N-dealkylation sites (N-methyl/N-ethyl adjacent to an activating group) is 1.